The Bertz CT molecular complexity index is 1460. The number of nitrogens with zero attached hydrogens (tertiary/aromatic N) is 4. The third kappa shape index (κ3) is 4.89. The first-order chi connectivity index (χ1) is 18.5. The van der Waals surface area contributed by atoms with E-state index < -0.39 is 11.8 Å². The Morgan fingerprint density at radius 3 is 2.55 bits per heavy atom. The summed E-state index contributed by atoms with van der Waals surface area (Å²) in [5.74, 6) is -0.261. The first-order valence-corrected chi connectivity index (χ1v) is 12.7. The lowest BCUT2D eigenvalue weighted by Crippen LogP contribution is -2.46. The van der Waals surface area contributed by atoms with Crippen molar-refractivity contribution in [3.63, 3.8) is 0 Å². The second-order valence-corrected chi connectivity index (χ2v) is 9.20. The molecule has 0 saturated carbocycles. The molecule has 3 heterocycles. The molecule has 1 fully saturated rings. The van der Waals surface area contributed by atoms with Gasteiger partial charge in [0, 0.05) is 29.5 Å². The number of imide groups is 1. The fourth-order valence-electron chi connectivity index (χ4n) is 4.75. The van der Waals surface area contributed by atoms with Crippen LogP contribution in [-0.2, 0) is 14.3 Å². The van der Waals surface area contributed by atoms with Crippen LogP contribution in [0, 0.1) is 11.3 Å². The highest BCUT2D eigenvalue weighted by molar-refractivity contribution is 6.19. The zero-order valence-electron chi connectivity index (χ0n) is 21.4. The molecule has 8 nitrogen and oxygen atoms in total. The van der Waals surface area contributed by atoms with E-state index in [9.17, 15) is 14.9 Å². The van der Waals surface area contributed by atoms with Crippen molar-refractivity contribution in [1.82, 2.24) is 14.7 Å². The average molecular weight is 509 g/mol. The fourth-order valence-corrected chi connectivity index (χ4v) is 4.75. The summed E-state index contributed by atoms with van der Waals surface area (Å²) >= 11 is 0. The van der Waals surface area contributed by atoms with Gasteiger partial charge in [-0.1, -0.05) is 18.2 Å². The minimum absolute atomic E-state index is 0.0353. The van der Waals surface area contributed by atoms with Gasteiger partial charge in [-0.05, 0) is 74.7 Å². The number of nitriles is 1. The molecule has 1 saturated heterocycles. The number of ether oxygens (including phenoxy) is 2. The number of carbonyl (C=O) groups excluding carboxylic acids is 2. The number of benzene rings is 2. The quantitative estimate of drug-likeness (QED) is 0.339. The molecule has 1 atom stereocenters. The van der Waals surface area contributed by atoms with Crippen molar-refractivity contribution in [2.24, 2.45) is 0 Å². The summed E-state index contributed by atoms with van der Waals surface area (Å²) in [5, 5.41) is 14.6. The van der Waals surface area contributed by atoms with Gasteiger partial charge in [-0.15, -0.1) is 0 Å². The molecule has 0 N–H and O–H groups in total. The van der Waals surface area contributed by atoms with Gasteiger partial charge in [0.25, 0.3) is 11.8 Å². The highest BCUT2D eigenvalue weighted by atomic mass is 16.5. The zero-order valence-corrected chi connectivity index (χ0v) is 21.4. The smallest absolute Gasteiger partial charge is 0.271 e. The van der Waals surface area contributed by atoms with E-state index in [0.29, 0.717) is 35.6 Å². The maximum Gasteiger partial charge on any atom is 0.271 e. The molecule has 1 aromatic heterocycles. The van der Waals surface area contributed by atoms with Gasteiger partial charge in [0.2, 0.25) is 0 Å². The van der Waals surface area contributed by atoms with Gasteiger partial charge in [-0.2, -0.15) is 10.4 Å². The van der Waals surface area contributed by atoms with Crippen LogP contribution in [-0.4, -0.2) is 52.4 Å². The summed E-state index contributed by atoms with van der Waals surface area (Å²) in [5.41, 5.74) is 3.66. The lowest BCUT2D eigenvalue weighted by molar-refractivity contribution is -0.142. The monoisotopic (exact) mass is 508 g/mol. The third-order valence-electron chi connectivity index (χ3n) is 6.74. The SMILES string of the molecule is CCOc1ccc(-c2nn(-c3ccccc3)cc2/C=C2/C(=O)N(CC3CCCO3)C(=O)C(C#N)=C2C)cc1. The Balaban J connectivity index is 1.61. The molecule has 8 heteroatoms. The second-order valence-electron chi connectivity index (χ2n) is 9.20. The number of rotatable bonds is 7. The molecule has 2 aromatic carbocycles. The molecule has 0 bridgehead atoms. The third-order valence-corrected chi connectivity index (χ3v) is 6.74. The van der Waals surface area contributed by atoms with Crippen LogP contribution >= 0.6 is 0 Å². The van der Waals surface area contributed by atoms with Crippen LogP contribution < -0.4 is 4.74 Å². The Labute approximate surface area is 221 Å². The van der Waals surface area contributed by atoms with Crippen molar-refractivity contribution in [2.75, 3.05) is 19.8 Å². The van der Waals surface area contributed by atoms with Gasteiger partial charge in [-0.3, -0.25) is 14.5 Å². The van der Waals surface area contributed by atoms with Crippen molar-refractivity contribution in [1.29, 1.82) is 5.26 Å². The highest BCUT2D eigenvalue weighted by Gasteiger charge is 2.37. The maximum atomic E-state index is 13.6. The van der Waals surface area contributed by atoms with E-state index in [4.69, 9.17) is 14.6 Å². The van der Waals surface area contributed by atoms with Crippen LogP contribution in [0.3, 0.4) is 0 Å². The van der Waals surface area contributed by atoms with E-state index in [1.54, 1.807) is 17.7 Å². The number of hydrogen-bond acceptors (Lipinski definition) is 6. The molecule has 38 heavy (non-hydrogen) atoms. The van der Waals surface area contributed by atoms with Gasteiger partial charge in [0.05, 0.1) is 30.6 Å². The molecule has 5 rings (SSSR count). The van der Waals surface area contributed by atoms with E-state index in [2.05, 4.69) is 0 Å². The lowest BCUT2D eigenvalue weighted by Gasteiger charge is -2.29. The molecular weight excluding hydrogens is 480 g/mol. The fraction of sp³-hybridized carbons (Fsp3) is 0.267. The topological polar surface area (TPSA) is 97.4 Å². The molecule has 192 valence electrons. The number of carbonyl (C=O) groups is 2. The van der Waals surface area contributed by atoms with Crippen LogP contribution in [0.25, 0.3) is 23.0 Å². The largest absolute Gasteiger partial charge is 0.494 e. The van der Waals surface area contributed by atoms with Crippen LogP contribution in [0.4, 0.5) is 0 Å². The van der Waals surface area contributed by atoms with E-state index >= 15 is 0 Å². The van der Waals surface area contributed by atoms with Crippen molar-refractivity contribution < 1.29 is 19.1 Å². The Kier molecular flexibility index (Phi) is 7.20. The summed E-state index contributed by atoms with van der Waals surface area (Å²) in [7, 11) is 0. The van der Waals surface area contributed by atoms with Crippen LogP contribution in [0.1, 0.15) is 32.3 Å². The molecule has 2 aliphatic rings. The Morgan fingerprint density at radius 2 is 1.89 bits per heavy atom. The first kappa shape index (κ1) is 25.2. The summed E-state index contributed by atoms with van der Waals surface area (Å²) in [6.45, 7) is 4.87. The normalized spacial score (nSPS) is 18.8. The molecule has 1 unspecified atom stereocenters. The average Bonchev–Trinajstić information content (AvgIpc) is 3.61. The van der Waals surface area contributed by atoms with E-state index in [1.807, 2.05) is 73.8 Å². The van der Waals surface area contributed by atoms with Gasteiger partial charge < -0.3 is 9.47 Å². The van der Waals surface area contributed by atoms with Crippen molar-refractivity contribution in [2.45, 2.75) is 32.8 Å². The van der Waals surface area contributed by atoms with Crippen LogP contribution in [0.5, 0.6) is 5.75 Å². The number of aromatic nitrogens is 2. The summed E-state index contributed by atoms with van der Waals surface area (Å²) < 4.78 is 13.0. The zero-order chi connectivity index (χ0) is 26.6. The highest BCUT2D eigenvalue weighted by Crippen LogP contribution is 2.32. The first-order valence-electron chi connectivity index (χ1n) is 12.7. The van der Waals surface area contributed by atoms with E-state index in [0.717, 1.165) is 34.7 Å². The predicted molar refractivity (Wildman–Crippen MR) is 142 cm³/mol. The lowest BCUT2D eigenvalue weighted by atomic mass is 9.93. The molecular formula is C30H28N4O4. The van der Waals surface area contributed by atoms with Crippen molar-refractivity contribution in [3.05, 3.63) is 83.1 Å². The van der Waals surface area contributed by atoms with Gasteiger partial charge in [-0.25, -0.2) is 4.68 Å². The number of para-hydroxylation sites is 1. The molecule has 2 aliphatic heterocycles. The van der Waals surface area contributed by atoms with E-state index in [-0.39, 0.29) is 18.2 Å². The molecule has 0 spiro atoms. The molecule has 2 amide bonds. The van der Waals surface area contributed by atoms with Crippen molar-refractivity contribution >= 4 is 17.9 Å². The maximum absolute atomic E-state index is 13.6. The summed E-state index contributed by atoms with van der Waals surface area (Å²) in [6, 6.07) is 19.3. The van der Waals surface area contributed by atoms with Crippen LogP contribution in [0.15, 0.2) is 77.5 Å². The Hall–Kier alpha value is -4.48. The second kappa shape index (κ2) is 10.9. The predicted octanol–water partition coefficient (Wildman–Crippen LogP) is 4.71. The summed E-state index contributed by atoms with van der Waals surface area (Å²) in [4.78, 5) is 27.8. The molecule has 0 aliphatic carbocycles. The summed E-state index contributed by atoms with van der Waals surface area (Å²) in [6.07, 6.45) is 5.01. The number of amides is 2. The van der Waals surface area contributed by atoms with Gasteiger partial charge >= 0.3 is 0 Å². The minimum atomic E-state index is -0.575. The van der Waals surface area contributed by atoms with Crippen LogP contribution in [0.2, 0.25) is 0 Å². The number of hydrogen-bond donors (Lipinski definition) is 0. The molecule has 0 radical (unpaired) electrons. The standard InChI is InChI=1S/C30H28N4O4/c1-3-37-24-13-11-21(12-14-24)28-22(18-34(32-28)23-8-5-4-6-9-23)16-26-20(2)27(17-31)30(36)33(29(26)35)19-25-10-7-15-38-25/h4-6,8-9,11-14,16,18,25H,3,7,10,15,19H2,1-2H3/b26-16+. The van der Waals surface area contributed by atoms with Gasteiger partial charge in [0.1, 0.15) is 17.4 Å². The van der Waals surface area contributed by atoms with Gasteiger partial charge in [0.15, 0.2) is 0 Å². The van der Waals surface area contributed by atoms with E-state index in [1.165, 1.54) is 0 Å². The minimum Gasteiger partial charge on any atom is -0.494 e. The molecule has 3 aromatic rings. The Morgan fingerprint density at radius 1 is 1.13 bits per heavy atom. The van der Waals surface area contributed by atoms with Crippen molar-refractivity contribution in [3.8, 4) is 28.8 Å².